The Morgan fingerprint density at radius 1 is 1.29 bits per heavy atom. The number of para-hydroxylation sites is 1. The molecule has 1 saturated heterocycles. The molecule has 1 aromatic carbocycles. The van der Waals surface area contributed by atoms with E-state index in [1.165, 1.54) is 32.8 Å². The van der Waals surface area contributed by atoms with Gasteiger partial charge < -0.3 is 15.4 Å². The van der Waals surface area contributed by atoms with E-state index in [1.54, 1.807) is 6.07 Å². The molecule has 2 N–H and O–H groups in total. The lowest BCUT2D eigenvalue weighted by atomic mass is 9.74. The van der Waals surface area contributed by atoms with Crippen LogP contribution in [0.2, 0.25) is 0 Å². The maximum Gasteiger partial charge on any atom is 0.340 e. The molecule has 0 unspecified atom stereocenters. The Labute approximate surface area is 127 Å². The quantitative estimate of drug-likeness (QED) is 0.681. The first-order chi connectivity index (χ1) is 10.1. The lowest BCUT2D eigenvalue weighted by Crippen LogP contribution is -2.40. The molecule has 0 spiro atoms. The van der Waals surface area contributed by atoms with E-state index in [1.807, 2.05) is 12.1 Å². The van der Waals surface area contributed by atoms with Crippen molar-refractivity contribution in [3.63, 3.8) is 0 Å². The Balaban J connectivity index is 2.19. The van der Waals surface area contributed by atoms with E-state index in [0.717, 1.165) is 18.8 Å². The van der Waals surface area contributed by atoms with Gasteiger partial charge in [0.15, 0.2) is 0 Å². The molecule has 4 nitrogen and oxygen atoms in total. The molecule has 1 aliphatic rings. The number of methoxy groups -OCH3 is 1. The third-order valence-electron chi connectivity index (χ3n) is 5.15. The topological polar surface area (TPSA) is 55.6 Å². The van der Waals surface area contributed by atoms with Crippen LogP contribution >= 0.6 is 0 Å². The number of nitrogens with two attached hydrogens (primary N) is 1. The third kappa shape index (κ3) is 2.99. The van der Waals surface area contributed by atoms with E-state index in [4.69, 9.17) is 10.5 Å². The zero-order valence-electron chi connectivity index (χ0n) is 13.3. The summed E-state index contributed by atoms with van der Waals surface area (Å²) >= 11 is 0. The molecule has 0 saturated carbocycles. The van der Waals surface area contributed by atoms with Crippen molar-refractivity contribution in [3.8, 4) is 0 Å². The van der Waals surface area contributed by atoms with E-state index in [-0.39, 0.29) is 5.97 Å². The third-order valence-corrected chi connectivity index (χ3v) is 5.15. The number of nitrogen functional groups attached to an aromatic ring is 1. The molecule has 0 aromatic heterocycles. The first-order valence-electron chi connectivity index (χ1n) is 7.78. The molecule has 1 aromatic rings. The van der Waals surface area contributed by atoms with E-state index >= 15 is 0 Å². The SMILES string of the molecule is CCC1(CC)CCN(c2cccc(C(=O)OC)c2N)CC1. The highest BCUT2D eigenvalue weighted by molar-refractivity contribution is 5.98. The van der Waals surface area contributed by atoms with Crippen LogP contribution in [0.4, 0.5) is 11.4 Å². The number of carbonyl (C=O) groups is 1. The highest BCUT2D eigenvalue weighted by Gasteiger charge is 2.32. The van der Waals surface area contributed by atoms with Gasteiger partial charge in [-0.05, 0) is 30.4 Å². The van der Waals surface area contributed by atoms with Crippen LogP contribution in [0.5, 0.6) is 0 Å². The average molecular weight is 290 g/mol. The number of benzene rings is 1. The van der Waals surface area contributed by atoms with Crippen LogP contribution in [-0.2, 0) is 4.74 Å². The maximum absolute atomic E-state index is 11.7. The number of carbonyl (C=O) groups excluding carboxylic acids is 1. The van der Waals surface area contributed by atoms with Crippen LogP contribution in [0.15, 0.2) is 18.2 Å². The maximum atomic E-state index is 11.7. The summed E-state index contributed by atoms with van der Waals surface area (Å²) in [6, 6.07) is 5.59. The summed E-state index contributed by atoms with van der Waals surface area (Å²) in [5.74, 6) is -0.372. The smallest absolute Gasteiger partial charge is 0.340 e. The Kier molecular flexibility index (Phi) is 4.76. The number of hydrogen-bond acceptors (Lipinski definition) is 4. The minimum Gasteiger partial charge on any atom is -0.465 e. The van der Waals surface area contributed by atoms with E-state index in [9.17, 15) is 4.79 Å². The number of nitrogens with zero attached hydrogens (tertiary/aromatic N) is 1. The molecule has 0 atom stereocenters. The van der Waals surface area contributed by atoms with E-state index < -0.39 is 0 Å². The van der Waals surface area contributed by atoms with Crippen LogP contribution in [-0.4, -0.2) is 26.2 Å². The van der Waals surface area contributed by atoms with Gasteiger partial charge in [-0.25, -0.2) is 4.79 Å². The summed E-state index contributed by atoms with van der Waals surface area (Å²) in [6.45, 7) is 6.56. The molecular formula is C17H26N2O2. The van der Waals surface area contributed by atoms with Crippen molar-refractivity contribution in [2.75, 3.05) is 30.8 Å². The molecule has 21 heavy (non-hydrogen) atoms. The van der Waals surface area contributed by atoms with Crippen LogP contribution < -0.4 is 10.6 Å². The lowest BCUT2D eigenvalue weighted by Gasteiger charge is -2.42. The number of rotatable bonds is 4. The number of hydrogen-bond donors (Lipinski definition) is 1. The first kappa shape index (κ1) is 15.7. The zero-order valence-corrected chi connectivity index (χ0v) is 13.3. The number of esters is 1. The number of ether oxygens (including phenoxy) is 1. The summed E-state index contributed by atoms with van der Waals surface area (Å²) in [5.41, 5.74) is 8.60. The van der Waals surface area contributed by atoms with Gasteiger partial charge in [0, 0.05) is 13.1 Å². The summed E-state index contributed by atoms with van der Waals surface area (Å²) in [7, 11) is 1.38. The fraction of sp³-hybridized carbons (Fsp3) is 0.588. The van der Waals surface area contributed by atoms with Crippen molar-refractivity contribution < 1.29 is 9.53 Å². The second-order valence-corrected chi connectivity index (χ2v) is 5.92. The molecule has 1 heterocycles. The van der Waals surface area contributed by atoms with Crippen molar-refractivity contribution >= 4 is 17.3 Å². The van der Waals surface area contributed by atoms with Crippen molar-refractivity contribution in [2.45, 2.75) is 39.5 Å². The predicted octanol–water partition coefficient (Wildman–Crippen LogP) is 3.46. The first-order valence-corrected chi connectivity index (χ1v) is 7.78. The standard InChI is InChI=1S/C17H26N2O2/c1-4-17(5-2)9-11-19(12-10-17)14-8-6-7-13(15(14)18)16(20)21-3/h6-8H,4-5,9-12,18H2,1-3H3. The Bertz CT molecular complexity index is 500. The molecule has 0 aliphatic carbocycles. The van der Waals surface area contributed by atoms with Gasteiger partial charge in [-0.1, -0.05) is 32.8 Å². The molecule has 2 rings (SSSR count). The van der Waals surface area contributed by atoms with Gasteiger partial charge in [-0.2, -0.15) is 0 Å². The Morgan fingerprint density at radius 2 is 1.90 bits per heavy atom. The highest BCUT2D eigenvalue weighted by Crippen LogP contribution is 2.40. The van der Waals surface area contributed by atoms with Gasteiger partial charge in [0.05, 0.1) is 24.0 Å². The van der Waals surface area contributed by atoms with Gasteiger partial charge in [0.2, 0.25) is 0 Å². The zero-order chi connectivity index (χ0) is 15.5. The second kappa shape index (κ2) is 6.37. The molecular weight excluding hydrogens is 264 g/mol. The largest absolute Gasteiger partial charge is 0.465 e. The Morgan fingerprint density at radius 3 is 2.43 bits per heavy atom. The normalized spacial score (nSPS) is 17.6. The number of piperidine rings is 1. The average Bonchev–Trinajstić information content (AvgIpc) is 2.54. The van der Waals surface area contributed by atoms with Gasteiger partial charge in [0.1, 0.15) is 0 Å². The van der Waals surface area contributed by atoms with Crippen LogP contribution in [0.1, 0.15) is 49.9 Å². The van der Waals surface area contributed by atoms with Gasteiger partial charge >= 0.3 is 5.97 Å². The summed E-state index contributed by atoms with van der Waals surface area (Å²) in [6.07, 6.45) is 4.83. The summed E-state index contributed by atoms with van der Waals surface area (Å²) in [4.78, 5) is 14.0. The lowest BCUT2D eigenvalue weighted by molar-refractivity contribution is 0.0602. The molecule has 116 valence electrons. The summed E-state index contributed by atoms with van der Waals surface area (Å²) < 4.78 is 4.79. The molecule has 4 heteroatoms. The van der Waals surface area contributed by atoms with Crippen molar-refractivity contribution in [1.29, 1.82) is 0 Å². The van der Waals surface area contributed by atoms with Gasteiger partial charge in [-0.3, -0.25) is 0 Å². The van der Waals surface area contributed by atoms with Crippen LogP contribution in [0, 0.1) is 5.41 Å². The fourth-order valence-corrected chi connectivity index (χ4v) is 3.30. The molecule has 1 fully saturated rings. The van der Waals surface area contributed by atoms with E-state index in [2.05, 4.69) is 18.7 Å². The van der Waals surface area contributed by atoms with Crippen LogP contribution in [0.3, 0.4) is 0 Å². The Hall–Kier alpha value is -1.71. The van der Waals surface area contributed by atoms with Gasteiger partial charge in [-0.15, -0.1) is 0 Å². The molecule has 0 bridgehead atoms. The minimum atomic E-state index is -0.372. The molecule has 0 amide bonds. The van der Waals surface area contributed by atoms with Crippen molar-refractivity contribution in [1.82, 2.24) is 0 Å². The fourth-order valence-electron chi connectivity index (χ4n) is 3.30. The molecule has 0 radical (unpaired) electrons. The minimum absolute atomic E-state index is 0.372. The highest BCUT2D eigenvalue weighted by atomic mass is 16.5. The van der Waals surface area contributed by atoms with Crippen molar-refractivity contribution in [3.05, 3.63) is 23.8 Å². The van der Waals surface area contributed by atoms with E-state index in [0.29, 0.717) is 16.7 Å². The van der Waals surface area contributed by atoms with Crippen LogP contribution in [0.25, 0.3) is 0 Å². The van der Waals surface area contributed by atoms with Gasteiger partial charge in [0.25, 0.3) is 0 Å². The van der Waals surface area contributed by atoms with Crippen molar-refractivity contribution in [2.24, 2.45) is 5.41 Å². The molecule has 1 aliphatic heterocycles. The number of anilines is 2. The second-order valence-electron chi connectivity index (χ2n) is 5.92. The monoisotopic (exact) mass is 290 g/mol. The predicted molar refractivity (Wildman–Crippen MR) is 86.7 cm³/mol. The summed E-state index contributed by atoms with van der Waals surface area (Å²) in [5, 5.41) is 0.